The topological polar surface area (TPSA) is 47.6 Å². The molecule has 0 saturated carbocycles. The van der Waals surface area contributed by atoms with Gasteiger partial charge in [-0.25, -0.2) is 0 Å². The summed E-state index contributed by atoms with van der Waals surface area (Å²) in [5.74, 6) is 0.609. The molecule has 1 aromatic carbocycles. The molecular formula is C15H23NO3. The normalized spacial score (nSPS) is 12.3. The Kier molecular flexibility index (Phi) is 6.36. The number of methoxy groups -OCH3 is 1. The molecule has 0 fully saturated rings. The maximum absolute atomic E-state index is 11.6. The first-order valence-electron chi connectivity index (χ1n) is 6.57. The van der Waals surface area contributed by atoms with Crippen molar-refractivity contribution in [3.63, 3.8) is 0 Å². The van der Waals surface area contributed by atoms with Crippen molar-refractivity contribution < 1.29 is 14.3 Å². The molecule has 0 spiro atoms. The number of aryl methyl sites for hydroxylation is 1. The molecule has 1 atom stereocenters. The number of hydrogen-bond acceptors (Lipinski definition) is 4. The Hall–Kier alpha value is -1.55. The zero-order chi connectivity index (χ0) is 14.3. The average molecular weight is 265 g/mol. The predicted octanol–water partition coefficient (Wildman–Crippen LogP) is 2.30. The van der Waals surface area contributed by atoms with E-state index in [1.807, 2.05) is 45.0 Å². The first-order valence-corrected chi connectivity index (χ1v) is 6.57. The van der Waals surface area contributed by atoms with Crippen molar-refractivity contribution in [2.24, 2.45) is 0 Å². The van der Waals surface area contributed by atoms with Gasteiger partial charge < -0.3 is 14.8 Å². The average Bonchev–Trinajstić information content (AvgIpc) is 2.38. The first-order chi connectivity index (χ1) is 9.04. The highest BCUT2D eigenvalue weighted by molar-refractivity contribution is 5.75. The molecule has 0 amide bonds. The Balaban J connectivity index is 2.48. The summed E-state index contributed by atoms with van der Waals surface area (Å²) in [4.78, 5) is 11.6. The lowest BCUT2D eigenvalue weighted by atomic mass is 10.2. The van der Waals surface area contributed by atoms with Crippen LogP contribution in [0, 0.1) is 6.92 Å². The standard InChI is InChI=1S/C15H23NO3/c1-11(2)16-13(15(17)18-4)9-10-19-14-8-6-5-7-12(14)3/h5-8,11,13,16H,9-10H2,1-4H3. The van der Waals surface area contributed by atoms with Gasteiger partial charge in [-0.15, -0.1) is 0 Å². The van der Waals surface area contributed by atoms with E-state index in [9.17, 15) is 4.79 Å². The van der Waals surface area contributed by atoms with E-state index in [-0.39, 0.29) is 18.1 Å². The second-order valence-corrected chi connectivity index (χ2v) is 4.80. The summed E-state index contributed by atoms with van der Waals surface area (Å²) in [5.41, 5.74) is 1.09. The van der Waals surface area contributed by atoms with Crippen molar-refractivity contribution in [1.29, 1.82) is 0 Å². The predicted molar refractivity (Wildman–Crippen MR) is 75.4 cm³/mol. The SMILES string of the molecule is COC(=O)C(CCOc1ccccc1C)NC(C)C. The second-order valence-electron chi connectivity index (χ2n) is 4.80. The molecule has 0 radical (unpaired) electrons. The summed E-state index contributed by atoms with van der Waals surface area (Å²) >= 11 is 0. The quantitative estimate of drug-likeness (QED) is 0.769. The molecule has 106 valence electrons. The minimum absolute atomic E-state index is 0.225. The van der Waals surface area contributed by atoms with Crippen molar-refractivity contribution in [1.82, 2.24) is 5.32 Å². The van der Waals surface area contributed by atoms with Gasteiger partial charge in [0.25, 0.3) is 0 Å². The number of ether oxygens (including phenoxy) is 2. The molecule has 19 heavy (non-hydrogen) atoms. The van der Waals surface area contributed by atoms with Crippen LogP contribution in [-0.4, -0.2) is 31.8 Å². The molecule has 1 unspecified atom stereocenters. The first kappa shape index (κ1) is 15.5. The van der Waals surface area contributed by atoms with Crippen LogP contribution >= 0.6 is 0 Å². The number of carbonyl (C=O) groups is 1. The summed E-state index contributed by atoms with van der Waals surface area (Å²) in [6, 6.07) is 7.74. The fourth-order valence-electron chi connectivity index (χ4n) is 1.82. The van der Waals surface area contributed by atoms with E-state index in [0.717, 1.165) is 11.3 Å². The lowest BCUT2D eigenvalue weighted by Gasteiger charge is -2.19. The number of para-hydroxylation sites is 1. The monoisotopic (exact) mass is 265 g/mol. The van der Waals surface area contributed by atoms with Crippen LogP contribution in [0.4, 0.5) is 0 Å². The van der Waals surface area contributed by atoms with Crippen molar-refractivity contribution in [2.45, 2.75) is 39.3 Å². The Bertz CT molecular complexity index is 404. The van der Waals surface area contributed by atoms with Crippen LogP contribution in [0.25, 0.3) is 0 Å². The van der Waals surface area contributed by atoms with E-state index in [0.29, 0.717) is 13.0 Å². The number of benzene rings is 1. The summed E-state index contributed by atoms with van der Waals surface area (Å²) in [6.07, 6.45) is 0.583. The number of nitrogens with one attached hydrogen (secondary N) is 1. The van der Waals surface area contributed by atoms with Crippen LogP contribution < -0.4 is 10.1 Å². The van der Waals surface area contributed by atoms with Crippen LogP contribution in [-0.2, 0) is 9.53 Å². The molecule has 0 saturated heterocycles. The number of hydrogen-bond donors (Lipinski definition) is 1. The summed E-state index contributed by atoms with van der Waals surface area (Å²) in [5, 5.41) is 3.18. The molecule has 4 heteroatoms. The third-order valence-corrected chi connectivity index (χ3v) is 2.78. The highest BCUT2D eigenvalue weighted by atomic mass is 16.5. The van der Waals surface area contributed by atoms with Crippen molar-refractivity contribution in [3.8, 4) is 5.75 Å². The highest BCUT2D eigenvalue weighted by Crippen LogP contribution is 2.16. The Labute approximate surface area is 115 Å². The van der Waals surface area contributed by atoms with Gasteiger partial charge in [-0.05, 0) is 18.6 Å². The lowest BCUT2D eigenvalue weighted by Crippen LogP contribution is -2.42. The molecule has 0 aliphatic carbocycles. The molecule has 4 nitrogen and oxygen atoms in total. The zero-order valence-electron chi connectivity index (χ0n) is 12.1. The van der Waals surface area contributed by atoms with Gasteiger partial charge in [0.1, 0.15) is 11.8 Å². The van der Waals surface area contributed by atoms with E-state index in [2.05, 4.69) is 5.32 Å². The third-order valence-electron chi connectivity index (χ3n) is 2.78. The van der Waals surface area contributed by atoms with Gasteiger partial charge in [0, 0.05) is 12.5 Å². The summed E-state index contributed by atoms with van der Waals surface area (Å²) in [7, 11) is 1.40. The minimum atomic E-state index is -0.325. The molecule has 0 aliphatic heterocycles. The number of carbonyl (C=O) groups excluding carboxylic acids is 1. The Morgan fingerprint density at radius 3 is 2.58 bits per heavy atom. The molecule has 0 bridgehead atoms. The molecular weight excluding hydrogens is 242 g/mol. The van der Waals surface area contributed by atoms with Gasteiger partial charge in [0.2, 0.25) is 0 Å². The van der Waals surface area contributed by atoms with Crippen molar-refractivity contribution in [3.05, 3.63) is 29.8 Å². The van der Waals surface area contributed by atoms with E-state index < -0.39 is 0 Å². The van der Waals surface area contributed by atoms with Gasteiger partial charge >= 0.3 is 5.97 Å². The van der Waals surface area contributed by atoms with Gasteiger partial charge in [-0.1, -0.05) is 32.0 Å². The highest BCUT2D eigenvalue weighted by Gasteiger charge is 2.19. The largest absolute Gasteiger partial charge is 0.493 e. The Morgan fingerprint density at radius 2 is 2.00 bits per heavy atom. The van der Waals surface area contributed by atoms with Crippen LogP contribution in [0.3, 0.4) is 0 Å². The lowest BCUT2D eigenvalue weighted by molar-refractivity contribution is -0.143. The second kappa shape index (κ2) is 7.79. The van der Waals surface area contributed by atoms with E-state index >= 15 is 0 Å². The van der Waals surface area contributed by atoms with Crippen molar-refractivity contribution in [2.75, 3.05) is 13.7 Å². The molecule has 0 aromatic heterocycles. The van der Waals surface area contributed by atoms with Crippen LogP contribution in [0.15, 0.2) is 24.3 Å². The van der Waals surface area contributed by atoms with E-state index in [4.69, 9.17) is 9.47 Å². The maximum atomic E-state index is 11.6. The smallest absolute Gasteiger partial charge is 0.322 e. The molecule has 0 aliphatic rings. The zero-order valence-corrected chi connectivity index (χ0v) is 12.1. The molecule has 1 rings (SSSR count). The Morgan fingerprint density at radius 1 is 1.32 bits per heavy atom. The van der Waals surface area contributed by atoms with Crippen LogP contribution in [0.2, 0.25) is 0 Å². The number of esters is 1. The maximum Gasteiger partial charge on any atom is 0.322 e. The van der Waals surface area contributed by atoms with Crippen LogP contribution in [0.1, 0.15) is 25.8 Å². The summed E-state index contributed by atoms with van der Waals surface area (Å²) in [6.45, 7) is 6.47. The summed E-state index contributed by atoms with van der Waals surface area (Å²) < 4.78 is 10.5. The van der Waals surface area contributed by atoms with Gasteiger partial charge in [-0.3, -0.25) is 4.79 Å². The van der Waals surface area contributed by atoms with E-state index in [1.54, 1.807) is 0 Å². The number of rotatable bonds is 7. The van der Waals surface area contributed by atoms with Crippen LogP contribution in [0.5, 0.6) is 5.75 Å². The third kappa shape index (κ3) is 5.30. The van der Waals surface area contributed by atoms with Gasteiger partial charge in [-0.2, -0.15) is 0 Å². The molecule has 0 heterocycles. The van der Waals surface area contributed by atoms with Gasteiger partial charge in [0.15, 0.2) is 0 Å². The van der Waals surface area contributed by atoms with E-state index in [1.165, 1.54) is 7.11 Å². The molecule has 1 aromatic rings. The van der Waals surface area contributed by atoms with Gasteiger partial charge in [0.05, 0.1) is 13.7 Å². The molecule has 1 N–H and O–H groups in total. The fourth-order valence-corrected chi connectivity index (χ4v) is 1.82. The minimum Gasteiger partial charge on any atom is -0.493 e. The van der Waals surface area contributed by atoms with Crippen molar-refractivity contribution >= 4 is 5.97 Å². The fraction of sp³-hybridized carbons (Fsp3) is 0.533.